The summed E-state index contributed by atoms with van der Waals surface area (Å²) in [6.45, 7) is 1.13. The summed E-state index contributed by atoms with van der Waals surface area (Å²) in [6, 6.07) is 16.0. The maximum atomic E-state index is 4.22. The van der Waals surface area contributed by atoms with E-state index in [2.05, 4.69) is 34.1 Å². The lowest BCUT2D eigenvalue weighted by molar-refractivity contribution is 0.715. The van der Waals surface area contributed by atoms with Gasteiger partial charge >= 0.3 is 0 Å². The number of aromatic nitrogens is 1. The first-order chi connectivity index (χ1) is 8.45. The van der Waals surface area contributed by atoms with Crippen molar-refractivity contribution in [1.29, 1.82) is 0 Å². The SMILES string of the molecule is [c]1ccc(N2CCCC2c2cccnc2)cc1. The van der Waals surface area contributed by atoms with Gasteiger partial charge in [-0.25, -0.2) is 0 Å². The summed E-state index contributed by atoms with van der Waals surface area (Å²) >= 11 is 0. The number of hydrogen-bond donors (Lipinski definition) is 0. The highest BCUT2D eigenvalue weighted by Gasteiger charge is 2.25. The van der Waals surface area contributed by atoms with Crippen LogP contribution in [0.3, 0.4) is 0 Å². The van der Waals surface area contributed by atoms with Gasteiger partial charge in [-0.2, -0.15) is 0 Å². The van der Waals surface area contributed by atoms with Crippen LogP contribution in [-0.4, -0.2) is 11.5 Å². The Hall–Kier alpha value is -1.83. The lowest BCUT2D eigenvalue weighted by Crippen LogP contribution is -2.22. The van der Waals surface area contributed by atoms with Gasteiger partial charge in [0, 0.05) is 24.6 Å². The number of nitrogens with zero attached hydrogens (tertiary/aromatic N) is 2. The molecule has 85 valence electrons. The molecule has 1 unspecified atom stereocenters. The van der Waals surface area contributed by atoms with E-state index >= 15 is 0 Å². The summed E-state index contributed by atoms with van der Waals surface area (Å²) < 4.78 is 0. The molecular formula is C15H15N2. The molecule has 0 spiro atoms. The van der Waals surface area contributed by atoms with Crippen molar-refractivity contribution in [3.05, 3.63) is 60.4 Å². The molecule has 0 bridgehead atoms. The Morgan fingerprint density at radius 3 is 2.88 bits per heavy atom. The van der Waals surface area contributed by atoms with E-state index in [1.165, 1.54) is 24.1 Å². The average molecular weight is 223 g/mol. The smallest absolute Gasteiger partial charge is 0.0558 e. The summed E-state index contributed by atoms with van der Waals surface area (Å²) in [5, 5.41) is 0. The van der Waals surface area contributed by atoms with Crippen molar-refractivity contribution in [2.24, 2.45) is 0 Å². The summed E-state index contributed by atoms with van der Waals surface area (Å²) in [5.41, 5.74) is 2.60. The molecule has 1 aliphatic heterocycles. The second-order valence-corrected chi connectivity index (χ2v) is 4.40. The van der Waals surface area contributed by atoms with Crippen LogP contribution in [0.2, 0.25) is 0 Å². The zero-order chi connectivity index (χ0) is 11.5. The summed E-state index contributed by atoms with van der Waals surface area (Å²) in [4.78, 5) is 6.69. The van der Waals surface area contributed by atoms with Gasteiger partial charge in [0.15, 0.2) is 0 Å². The monoisotopic (exact) mass is 223 g/mol. The highest BCUT2D eigenvalue weighted by molar-refractivity contribution is 5.49. The summed E-state index contributed by atoms with van der Waals surface area (Å²) in [6.07, 6.45) is 6.28. The Morgan fingerprint density at radius 2 is 2.12 bits per heavy atom. The second kappa shape index (κ2) is 4.58. The molecule has 0 saturated carbocycles. The molecule has 3 rings (SSSR count). The molecular weight excluding hydrogens is 208 g/mol. The molecule has 1 radical (unpaired) electrons. The van der Waals surface area contributed by atoms with Crippen LogP contribution in [0.4, 0.5) is 5.69 Å². The third-order valence-electron chi connectivity index (χ3n) is 3.35. The van der Waals surface area contributed by atoms with Gasteiger partial charge in [0.25, 0.3) is 0 Å². The minimum absolute atomic E-state index is 0.478. The Bertz CT molecular complexity index is 421. The molecule has 1 aliphatic rings. The molecule has 1 fully saturated rings. The molecule has 2 heteroatoms. The quantitative estimate of drug-likeness (QED) is 0.777. The van der Waals surface area contributed by atoms with Crippen molar-refractivity contribution in [3.8, 4) is 0 Å². The molecule has 1 atom stereocenters. The number of anilines is 1. The zero-order valence-corrected chi connectivity index (χ0v) is 9.71. The summed E-state index contributed by atoms with van der Waals surface area (Å²) in [5.74, 6) is 0. The molecule has 1 aromatic carbocycles. The van der Waals surface area contributed by atoms with Crippen molar-refractivity contribution >= 4 is 5.69 Å². The van der Waals surface area contributed by atoms with Crippen LogP contribution < -0.4 is 4.90 Å². The van der Waals surface area contributed by atoms with Crippen molar-refractivity contribution in [2.75, 3.05) is 11.4 Å². The van der Waals surface area contributed by atoms with E-state index < -0.39 is 0 Å². The van der Waals surface area contributed by atoms with E-state index in [1.807, 2.05) is 30.6 Å². The minimum Gasteiger partial charge on any atom is -0.364 e. The number of hydrogen-bond acceptors (Lipinski definition) is 2. The van der Waals surface area contributed by atoms with Gasteiger partial charge in [0.2, 0.25) is 0 Å². The van der Waals surface area contributed by atoms with E-state index in [1.54, 1.807) is 0 Å². The second-order valence-electron chi connectivity index (χ2n) is 4.40. The summed E-state index contributed by atoms with van der Waals surface area (Å²) in [7, 11) is 0. The molecule has 0 amide bonds. The van der Waals surface area contributed by atoms with Crippen molar-refractivity contribution in [2.45, 2.75) is 18.9 Å². The van der Waals surface area contributed by atoms with E-state index in [9.17, 15) is 0 Å². The van der Waals surface area contributed by atoms with Crippen molar-refractivity contribution in [3.63, 3.8) is 0 Å². The number of pyridine rings is 1. The van der Waals surface area contributed by atoms with Crippen LogP contribution in [0.5, 0.6) is 0 Å². The highest BCUT2D eigenvalue weighted by Crippen LogP contribution is 2.35. The predicted molar refractivity (Wildman–Crippen MR) is 68.8 cm³/mol. The van der Waals surface area contributed by atoms with Crippen LogP contribution in [0, 0.1) is 6.07 Å². The van der Waals surface area contributed by atoms with Gasteiger partial charge in [0.1, 0.15) is 0 Å². The van der Waals surface area contributed by atoms with Crippen LogP contribution in [0.1, 0.15) is 24.4 Å². The third-order valence-corrected chi connectivity index (χ3v) is 3.35. The van der Waals surface area contributed by atoms with Gasteiger partial charge in [-0.05, 0) is 42.7 Å². The lowest BCUT2D eigenvalue weighted by atomic mass is 10.1. The van der Waals surface area contributed by atoms with Crippen molar-refractivity contribution in [1.82, 2.24) is 4.98 Å². The Labute approximate surface area is 102 Å². The molecule has 2 heterocycles. The molecule has 2 aromatic rings. The zero-order valence-electron chi connectivity index (χ0n) is 9.71. The van der Waals surface area contributed by atoms with E-state index in [-0.39, 0.29) is 0 Å². The van der Waals surface area contributed by atoms with Crippen LogP contribution in [0.25, 0.3) is 0 Å². The standard InChI is InChI=1S/C15H15N2/c1-2-7-14(8-3-1)17-11-5-9-15(17)13-6-4-10-16-12-13/h2-4,6-8,10,12,15H,5,9,11H2. The van der Waals surface area contributed by atoms with E-state index in [0.29, 0.717) is 6.04 Å². The van der Waals surface area contributed by atoms with E-state index in [4.69, 9.17) is 0 Å². The van der Waals surface area contributed by atoms with Gasteiger partial charge in [-0.15, -0.1) is 0 Å². The fourth-order valence-electron chi connectivity index (χ4n) is 2.56. The number of benzene rings is 1. The topological polar surface area (TPSA) is 16.1 Å². The Balaban J connectivity index is 1.91. The molecule has 2 nitrogen and oxygen atoms in total. The Morgan fingerprint density at radius 1 is 1.24 bits per heavy atom. The first-order valence-corrected chi connectivity index (χ1v) is 6.08. The lowest BCUT2D eigenvalue weighted by Gasteiger charge is -2.26. The van der Waals surface area contributed by atoms with E-state index in [0.717, 1.165) is 6.54 Å². The maximum absolute atomic E-state index is 4.22. The van der Waals surface area contributed by atoms with Crippen LogP contribution >= 0.6 is 0 Å². The highest BCUT2D eigenvalue weighted by atomic mass is 15.2. The van der Waals surface area contributed by atoms with Gasteiger partial charge in [-0.3, -0.25) is 4.98 Å². The molecule has 0 aliphatic carbocycles. The first-order valence-electron chi connectivity index (χ1n) is 6.08. The number of rotatable bonds is 2. The van der Waals surface area contributed by atoms with Gasteiger partial charge in [-0.1, -0.05) is 18.2 Å². The maximum Gasteiger partial charge on any atom is 0.0558 e. The normalized spacial score (nSPS) is 19.5. The molecule has 0 N–H and O–H groups in total. The Kier molecular flexibility index (Phi) is 2.78. The van der Waals surface area contributed by atoms with Crippen LogP contribution in [-0.2, 0) is 0 Å². The van der Waals surface area contributed by atoms with Crippen LogP contribution in [0.15, 0.2) is 48.8 Å². The third kappa shape index (κ3) is 2.03. The van der Waals surface area contributed by atoms with Crippen molar-refractivity contribution < 1.29 is 0 Å². The minimum atomic E-state index is 0.478. The molecule has 1 saturated heterocycles. The molecule has 17 heavy (non-hydrogen) atoms. The fraction of sp³-hybridized carbons (Fsp3) is 0.267. The predicted octanol–water partition coefficient (Wildman–Crippen LogP) is 3.22. The molecule has 1 aromatic heterocycles. The van der Waals surface area contributed by atoms with Gasteiger partial charge < -0.3 is 4.90 Å². The fourth-order valence-corrected chi connectivity index (χ4v) is 2.56. The largest absolute Gasteiger partial charge is 0.364 e. The average Bonchev–Trinajstić information content (AvgIpc) is 2.90. The van der Waals surface area contributed by atoms with Gasteiger partial charge in [0.05, 0.1) is 6.04 Å². The first kappa shape index (κ1) is 10.3.